The minimum absolute atomic E-state index is 0.306. The maximum atomic E-state index is 11.8. The summed E-state index contributed by atoms with van der Waals surface area (Å²) in [5.74, 6) is 1.65. The molecule has 3 rings (SSSR count). The van der Waals surface area contributed by atoms with Gasteiger partial charge in [0.2, 0.25) is 0 Å². The number of hydrogen-bond acceptors (Lipinski definition) is 5. The van der Waals surface area contributed by atoms with E-state index in [0.29, 0.717) is 25.0 Å². The lowest BCUT2D eigenvalue weighted by Crippen LogP contribution is -2.04. The van der Waals surface area contributed by atoms with Crippen LogP contribution in [0.15, 0.2) is 35.7 Å². The van der Waals surface area contributed by atoms with Crippen molar-refractivity contribution in [1.29, 1.82) is 0 Å². The van der Waals surface area contributed by atoms with E-state index in [9.17, 15) is 4.79 Å². The Morgan fingerprint density at radius 3 is 2.92 bits per heavy atom. The van der Waals surface area contributed by atoms with Gasteiger partial charge in [0.15, 0.2) is 0 Å². The molecule has 4 nitrogen and oxygen atoms in total. The van der Waals surface area contributed by atoms with Gasteiger partial charge in [-0.05, 0) is 37.3 Å². The largest absolute Gasteiger partial charge is 0.487 e. The van der Waals surface area contributed by atoms with Gasteiger partial charge in [-0.1, -0.05) is 25.1 Å². The van der Waals surface area contributed by atoms with Crippen molar-refractivity contribution in [1.82, 2.24) is 4.98 Å². The van der Waals surface area contributed by atoms with Crippen LogP contribution in [0.5, 0.6) is 5.75 Å². The molecule has 24 heavy (non-hydrogen) atoms. The molecule has 1 heterocycles. The monoisotopic (exact) mass is 343 g/mol. The fourth-order valence-electron chi connectivity index (χ4n) is 2.40. The summed E-state index contributed by atoms with van der Waals surface area (Å²) < 4.78 is 11.1. The normalized spacial score (nSPS) is 19.4. The number of rotatable bonds is 7. The highest BCUT2D eigenvalue weighted by molar-refractivity contribution is 7.09. The molecule has 2 aromatic rings. The van der Waals surface area contributed by atoms with Gasteiger partial charge < -0.3 is 9.47 Å². The molecular formula is C19H21NO3S. The standard InChI is InChI=1S/C19H21NO3S/c1-13-9-16(13)10-23-19(21)8-7-15-5-3-4-6-18(15)22-11-17-12-24-14(2)20-17/h3-8,12-13,16H,9-11H2,1-2H3/b8-7+. The highest BCUT2D eigenvalue weighted by atomic mass is 32.1. The molecular weight excluding hydrogens is 322 g/mol. The fourth-order valence-corrected chi connectivity index (χ4v) is 3.00. The number of thiazole rings is 1. The number of carbonyl (C=O) groups excluding carboxylic acids is 1. The van der Waals surface area contributed by atoms with E-state index in [1.807, 2.05) is 36.6 Å². The first-order chi connectivity index (χ1) is 11.6. The number of esters is 1. The van der Waals surface area contributed by atoms with Crippen LogP contribution in [0.1, 0.15) is 29.6 Å². The quantitative estimate of drug-likeness (QED) is 0.557. The van der Waals surface area contributed by atoms with Crippen LogP contribution in [0.2, 0.25) is 0 Å². The number of nitrogens with zero attached hydrogens (tertiary/aromatic N) is 1. The second kappa shape index (κ2) is 7.62. The van der Waals surface area contributed by atoms with Crippen LogP contribution in [0.3, 0.4) is 0 Å². The summed E-state index contributed by atoms with van der Waals surface area (Å²) in [4.78, 5) is 16.2. The molecule has 126 valence electrons. The van der Waals surface area contributed by atoms with Gasteiger partial charge >= 0.3 is 5.97 Å². The Morgan fingerprint density at radius 1 is 1.42 bits per heavy atom. The zero-order chi connectivity index (χ0) is 16.9. The Morgan fingerprint density at radius 2 is 2.21 bits per heavy atom. The number of para-hydroxylation sites is 1. The van der Waals surface area contributed by atoms with Crippen LogP contribution in [-0.2, 0) is 16.1 Å². The maximum absolute atomic E-state index is 11.8. The molecule has 5 heteroatoms. The lowest BCUT2D eigenvalue weighted by atomic mass is 10.2. The summed E-state index contributed by atoms with van der Waals surface area (Å²) in [6.07, 6.45) is 4.35. The first-order valence-corrected chi connectivity index (χ1v) is 8.97. The molecule has 1 saturated carbocycles. The fraction of sp³-hybridized carbons (Fsp3) is 0.368. The van der Waals surface area contributed by atoms with Gasteiger partial charge in [-0.3, -0.25) is 0 Å². The third kappa shape index (κ3) is 4.68. The Labute approximate surface area is 146 Å². The zero-order valence-electron chi connectivity index (χ0n) is 13.9. The van der Waals surface area contributed by atoms with E-state index < -0.39 is 0 Å². The topological polar surface area (TPSA) is 48.4 Å². The van der Waals surface area contributed by atoms with Crippen molar-refractivity contribution in [2.24, 2.45) is 11.8 Å². The van der Waals surface area contributed by atoms with Gasteiger partial charge in [-0.2, -0.15) is 0 Å². The van der Waals surface area contributed by atoms with Gasteiger partial charge in [0.25, 0.3) is 0 Å². The van der Waals surface area contributed by atoms with Gasteiger partial charge in [0.1, 0.15) is 12.4 Å². The molecule has 0 N–H and O–H groups in total. The Hall–Kier alpha value is -2.14. The van der Waals surface area contributed by atoms with Crippen molar-refractivity contribution in [3.05, 3.63) is 52.0 Å². The van der Waals surface area contributed by atoms with Crippen molar-refractivity contribution in [2.75, 3.05) is 6.61 Å². The molecule has 0 bridgehead atoms. The minimum Gasteiger partial charge on any atom is -0.487 e. The molecule has 2 unspecified atom stereocenters. The summed E-state index contributed by atoms with van der Waals surface area (Å²) in [5.41, 5.74) is 1.76. The van der Waals surface area contributed by atoms with Gasteiger partial charge in [-0.25, -0.2) is 9.78 Å². The number of ether oxygens (including phenoxy) is 2. The van der Waals surface area contributed by atoms with E-state index >= 15 is 0 Å². The molecule has 0 saturated heterocycles. The Bertz CT molecular complexity index is 738. The van der Waals surface area contributed by atoms with E-state index in [1.54, 1.807) is 17.4 Å². The molecule has 1 aliphatic carbocycles. The molecule has 1 aromatic carbocycles. The molecule has 0 aliphatic heterocycles. The van der Waals surface area contributed by atoms with Crippen molar-refractivity contribution >= 4 is 23.4 Å². The lowest BCUT2D eigenvalue weighted by molar-refractivity contribution is -0.138. The predicted molar refractivity (Wildman–Crippen MR) is 94.9 cm³/mol. The molecule has 0 amide bonds. The third-order valence-electron chi connectivity index (χ3n) is 4.08. The van der Waals surface area contributed by atoms with E-state index in [4.69, 9.17) is 9.47 Å². The molecule has 0 radical (unpaired) electrons. The van der Waals surface area contributed by atoms with Crippen molar-refractivity contribution < 1.29 is 14.3 Å². The number of aromatic nitrogens is 1. The smallest absolute Gasteiger partial charge is 0.330 e. The van der Waals surface area contributed by atoms with E-state index in [1.165, 1.54) is 6.08 Å². The highest BCUT2D eigenvalue weighted by Gasteiger charge is 2.33. The summed E-state index contributed by atoms with van der Waals surface area (Å²) in [7, 11) is 0. The molecule has 1 fully saturated rings. The third-order valence-corrected chi connectivity index (χ3v) is 4.90. The molecule has 1 aliphatic rings. The first kappa shape index (κ1) is 16.7. The average Bonchev–Trinajstić information content (AvgIpc) is 3.13. The SMILES string of the molecule is Cc1nc(COc2ccccc2/C=C/C(=O)OCC2CC2C)cs1. The van der Waals surface area contributed by atoms with Crippen LogP contribution >= 0.6 is 11.3 Å². The zero-order valence-corrected chi connectivity index (χ0v) is 14.7. The average molecular weight is 343 g/mol. The van der Waals surface area contributed by atoms with Crippen molar-refractivity contribution in [3.63, 3.8) is 0 Å². The van der Waals surface area contributed by atoms with E-state index in [2.05, 4.69) is 11.9 Å². The summed E-state index contributed by atoms with van der Waals surface area (Å²) in [6.45, 7) is 5.08. The number of hydrogen-bond donors (Lipinski definition) is 0. The van der Waals surface area contributed by atoms with Crippen molar-refractivity contribution in [2.45, 2.75) is 26.9 Å². The molecule has 2 atom stereocenters. The predicted octanol–water partition coefficient (Wildman–Crippen LogP) is 4.24. The van der Waals surface area contributed by atoms with Crippen LogP contribution in [0, 0.1) is 18.8 Å². The van der Waals surface area contributed by atoms with E-state index in [0.717, 1.165) is 28.4 Å². The number of carbonyl (C=O) groups is 1. The highest BCUT2D eigenvalue weighted by Crippen LogP contribution is 2.37. The lowest BCUT2D eigenvalue weighted by Gasteiger charge is -2.07. The maximum Gasteiger partial charge on any atom is 0.330 e. The minimum atomic E-state index is -0.306. The van der Waals surface area contributed by atoms with Crippen LogP contribution in [0.4, 0.5) is 0 Å². The number of aryl methyl sites for hydroxylation is 1. The van der Waals surface area contributed by atoms with Gasteiger partial charge in [0, 0.05) is 17.0 Å². The van der Waals surface area contributed by atoms with Gasteiger partial charge in [0.05, 0.1) is 17.3 Å². The number of benzene rings is 1. The second-order valence-corrected chi connectivity index (χ2v) is 7.18. The second-order valence-electron chi connectivity index (χ2n) is 6.12. The van der Waals surface area contributed by atoms with Crippen LogP contribution in [0.25, 0.3) is 6.08 Å². The van der Waals surface area contributed by atoms with Crippen LogP contribution < -0.4 is 4.74 Å². The van der Waals surface area contributed by atoms with E-state index in [-0.39, 0.29) is 5.97 Å². The molecule has 1 aromatic heterocycles. The van der Waals surface area contributed by atoms with Crippen LogP contribution in [-0.4, -0.2) is 17.6 Å². The summed E-state index contributed by atoms with van der Waals surface area (Å²) in [6, 6.07) is 7.62. The molecule has 0 spiro atoms. The summed E-state index contributed by atoms with van der Waals surface area (Å²) in [5, 5.41) is 3.01. The Balaban J connectivity index is 1.56. The van der Waals surface area contributed by atoms with Crippen molar-refractivity contribution in [3.8, 4) is 5.75 Å². The van der Waals surface area contributed by atoms with Gasteiger partial charge in [-0.15, -0.1) is 11.3 Å². The first-order valence-electron chi connectivity index (χ1n) is 8.09. The Kier molecular flexibility index (Phi) is 5.30. The summed E-state index contributed by atoms with van der Waals surface area (Å²) >= 11 is 1.60.